The van der Waals surface area contributed by atoms with Gasteiger partial charge in [0.25, 0.3) is 5.91 Å². The number of anilines is 1. The van der Waals surface area contributed by atoms with Crippen molar-refractivity contribution < 1.29 is 19.1 Å². The molecule has 1 N–H and O–H groups in total. The summed E-state index contributed by atoms with van der Waals surface area (Å²) >= 11 is 0. The van der Waals surface area contributed by atoms with Crippen LogP contribution in [0.4, 0.5) is 10.1 Å². The molecule has 1 aliphatic rings. The van der Waals surface area contributed by atoms with Crippen LogP contribution in [-0.2, 0) is 9.59 Å². The highest BCUT2D eigenvalue weighted by atomic mass is 19.1. The molecule has 4 nitrogen and oxygen atoms in total. The molecule has 0 aliphatic carbocycles. The average Bonchev–Trinajstić information content (AvgIpc) is 2.87. The van der Waals surface area contributed by atoms with Crippen LogP contribution < -0.4 is 4.90 Å². The van der Waals surface area contributed by atoms with E-state index in [2.05, 4.69) is 0 Å². The molecular formula is C22H22FNO3. The minimum Gasteiger partial charge on any atom is -0.503 e. The largest absolute Gasteiger partial charge is 0.503 e. The number of nitrogens with zero attached hydrogens (tertiary/aromatic N) is 1. The minimum atomic E-state index is -0.993. The summed E-state index contributed by atoms with van der Waals surface area (Å²) in [6.07, 6.45) is 0.166. The van der Waals surface area contributed by atoms with E-state index in [0.29, 0.717) is 5.69 Å². The molecule has 0 radical (unpaired) electrons. The Bertz CT molecular complexity index is 915. The number of amides is 1. The van der Waals surface area contributed by atoms with Crippen molar-refractivity contribution in [1.29, 1.82) is 0 Å². The van der Waals surface area contributed by atoms with Crippen LogP contribution in [0.1, 0.15) is 37.4 Å². The van der Waals surface area contributed by atoms with Gasteiger partial charge in [0, 0.05) is 17.7 Å². The topological polar surface area (TPSA) is 57.6 Å². The summed E-state index contributed by atoms with van der Waals surface area (Å²) in [4.78, 5) is 26.9. The number of benzene rings is 2. The Labute approximate surface area is 157 Å². The predicted molar refractivity (Wildman–Crippen MR) is 102 cm³/mol. The van der Waals surface area contributed by atoms with Crippen LogP contribution in [0.15, 0.2) is 59.9 Å². The van der Waals surface area contributed by atoms with Gasteiger partial charge in [-0.1, -0.05) is 49.7 Å². The van der Waals surface area contributed by atoms with Crippen LogP contribution in [-0.4, -0.2) is 16.8 Å². The summed E-state index contributed by atoms with van der Waals surface area (Å²) in [5.74, 6) is -2.13. The molecule has 1 unspecified atom stereocenters. The molecular weight excluding hydrogens is 345 g/mol. The molecule has 0 fully saturated rings. The van der Waals surface area contributed by atoms with E-state index in [9.17, 15) is 19.1 Å². The molecule has 2 aromatic rings. The zero-order valence-electron chi connectivity index (χ0n) is 15.6. The molecule has 0 aromatic heterocycles. The Morgan fingerprint density at radius 1 is 1.15 bits per heavy atom. The fourth-order valence-electron chi connectivity index (χ4n) is 3.33. The number of carbonyl (C=O) groups excluding carboxylic acids is 2. The van der Waals surface area contributed by atoms with Crippen molar-refractivity contribution in [2.75, 3.05) is 4.90 Å². The van der Waals surface area contributed by atoms with Crippen molar-refractivity contribution in [3.63, 3.8) is 0 Å². The van der Waals surface area contributed by atoms with E-state index in [0.717, 1.165) is 5.56 Å². The number of aryl methyl sites for hydroxylation is 1. The average molecular weight is 367 g/mol. The SMILES string of the molecule is Cc1ccc(N2C(=O)C(O)=C(C(=O)CC(C)C)C2c2ccccc2F)cc1. The van der Waals surface area contributed by atoms with E-state index in [1.54, 1.807) is 24.3 Å². The lowest BCUT2D eigenvalue weighted by Gasteiger charge is -2.27. The Balaban J connectivity index is 2.17. The fourth-order valence-corrected chi connectivity index (χ4v) is 3.33. The second-order valence-corrected chi connectivity index (χ2v) is 7.22. The lowest BCUT2D eigenvalue weighted by atomic mass is 9.91. The van der Waals surface area contributed by atoms with Gasteiger partial charge in [-0.2, -0.15) is 0 Å². The van der Waals surface area contributed by atoms with Gasteiger partial charge in [0.15, 0.2) is 11.5 Å². The Kier molecular flexibility index (Phi) is 5.13. The van der Waals surface area contributed by atoms with E-state index in [1.807, 2.05) is 32.9 Å². The van der Waals surface area contributed by atoms with Crippen LogP contribution in [0.5, 0.6) is 0 Å². The van der Waals surface area contributed by atoms with Gasteiger partial charge in [-0.15, -0.1) is 0 Å². The molecule has 1 atom stereocenters. The third kappa shape index (κ3) is 3.50. The molecule has 5 heteroatoms. The summed E-state index contributed by atoms with van der Waals surface area (Å²) in [6, 6.07) is 12.1. The second-order valence-electron chi connectivity index (χ2n) is 7.22. The molecule has 1 amide bonds. The molecule has 2 aromatic carbocycles. The molecule has 0 saturated heterocycles. The maximum atomic E-state index is 14.6. The van der Waals surface area contributed by atoms with Gasteiger partial charge in [-0.3, -0.25) is 14.5 Å². The Morgan fingerprint density at radius 2 is 1.78 bits per heavy atom. The van der Waals surface area contributed by atoms with Crippen molar-refractivity contribution >= 4 is 17.4 Å². The highest BCUT2D eigenvalue weighted by Crippen LogP contribution is 2.42. The third-order valence-electron chi connectivity index (χ3n) is 4.61. The third-order valence-corrected chi connectivity index (χ3v) is 4.61. The quantitative estimate of drug-likeness (QED) is 0.837. The molecule has 1 aliphatic heterocycles. The Morgan fingerprint density at radius 3 is 2.37 bits per heavy atom. The van der Waals surface area contributed by atoms with Gasteiger partial charge in [-0.05, 0) is 31.0 Å². The van der Waals surface area contributed by atoms with E-state index in [4.69, 9.17) is 0 Å². The maximum Gasteiger partial charge on any atom is 0.294 e. The summed E-state index contributed by atoms with van der Waals surface area (Å²) in [6.45, 7) is 5.67. The number of aliphatic hydroxyl groups excluding tert-OH is 1. The minimum absolute atomic E-state index is 0.0422. The first-order valence-corrected chi connectivity index (χ1v) is 8.92. The summed E-state index contributed by atoms with van der Waals surface area (Å²) in [7, 11) is 0. The predicted octanol–water partition coefficient (Wildman–Crippen LogP) is 4.65. The second kappa shape index (κ2) is 7.35. The van der Waals surface area contributed by atoms with E-state index < -0.39 is 23.5 Å². The zero-order chi connectivity index (χ0) is 19.7. The molecule has 140 valence electrons. The number of ketones is 1. The van der Waals surface area contributed by atoms with Crippen molar-refractivity contribution in [2.24, 2.45) is 5.92 Å². The van der Waals surface area contributed by atoms with Gasteiger partial charge in [0.2, 0.25) is 0 Å². The van der Waals surface area contributed by atoms with Crippen LogP contribution >= 0.6 is 0 Å². The molecule has 0 bridgehead atoms. The van der Waals surface area contributed by atoms with Crippen LogP contribution in [0.25, 0.3) is 0 Å². The highest BCUT2D eigenvalue weighted by Gasteiger charge is 2.45. The molecule has 0 saturated carbocycles. The number of aliphatic hydroxyl groups is 1. The van der Waals surface area contributed by atoms with E-state index in [1.165, 1.54) is 17.0 Å². The van der Waals surface area contributed by atoms with E-state index >= 15 is 0 Å². The molecule has 0 spiro atoms. The lowest BCUT2D eigenvalue weighted by molar-refractivity contribution is -0.118. The maximum absolute atomic E-state index is 14.6. The van der Waals surface area contributed by atoms with Crippen molar-refractivity contribution in [3.8, 4) is 0 Å². The van der Waals surface area contributed by atoms with Crippen molar-refractivity contribution in [3.05, 3.63) is 76.8 Å². The normalized spacial score (nSPS) is 17.1. The zero-order valence-corrected chi connectivity index (χ0v) is 15.6. The first kappa shape index (κ1) is 18.8. The summed E-state index contributed by atoms with van der Waals surface area (Å²) < 4.78 is 14.6. The molecule has 27 heavy (non-hydrogen) atoms. The van der Waals surface area contributed by atoms with Gasteiger partial charge in [0.05, 0.1) is 11.6 Å². The summed E-state index contributed by atoms with van der Waals surface area (Å²) in [5, 5.41) is 10.5. The summed E-state index contributed by atoms with van der Waals surface area (Å²) in [5.41, 5.74) is 1.64. The van der Waals surface area contributed by atoms with Crippen LogP contribution in [0.3, 0.4) is 0 Å². The lowest BCUT2D eigenvalue weighted by Crippen LogP contribution is -2.31. The van der Waals surface area contributed by atoms with Crippen molar-refractivity contribution in [2.45, 2.75) is 33.2 Å². The van der Waals surface area contributed by atoms with Crippen molar-refractivity contribution in [1.82, 2.24) is 0 Å². The van der Waals surface area contributed by atoms with Crippen LogP contribution in [0.2, 0.25) is 0 Å². The van der Waals surface area contributed by atoms with Crippen LogP contribution in [0, 0.1) is 18.7 Å². The van der Waals surface area contributed by atoms with Gasteiger partial charge >= 0.3 is 0 Å². The van der Waals surface area contributed by atoms with Gasteiger partial charge in [0.1, 0.15) is 5.82 Å². The molecule has 3 rings (SSSR count). The first-order valence-electron chi connectivity index (χ1n) is 8.92. The number of Topliss-reactive ketones (excluding diaryl/α,β-unsaturated/α-hetero) is 1. The number of hydrogen-bond donors (Lipinski definition) is 1. The monoisotopic (exact) mass is 367 g/mol. The number of hydrogen-bond acceptors (Lipinski definition) is 3. The number of carbonyl (C=O) groups is 2. The standard InChI is InChI=1S/C22H22FNO3/c1-13(2)12-18(25)19-20(16-6-4-5-7-17(16)23)24(22(27)21(19)26)15-10-8-14(3)9-11-15/h4-11,13,20,26H,12H2,1-3H3. The Hall–Kier alpha value is -2.95. The van der Waals surface area contributed by atoms with E-state index in [-0.39, 0.29) is 29.3 Å². The number of rotatable bonds is 5. The smallest absolute Gasteiger partial charge is 0.294 e. The first-order chi connectivity index (χ1) is 12.8. The molecule has 1 heterocycles. The van der Waals surface area contributed by atoms with Gasteiger partial charge < -0.3 is 5.11 Å². The van der Waals surface area contributed by atoms with Gasteiger partial charge in [-0.25, -0.2) is 4.39 Å². The number of halogens is 1. The fraction of sp³-hybridized carbons (Fsp3) is 0.273. The highest BCUT2D eigenvalue weighted by molar-refractivity contribution is 6.16.